The molecule has 0 fully saturated rings. The van der Waals surface area contributed by atoms with Crippen molar-refractivity contribution < 1.29 is 9.53 Å². The first kappa shape index (κ1) is 20.3. The maximum Gasteiger partial charge on any atom is 0.257 e. The summed E-state index contributed by atoms with van der Waals surface area (Å²) in [6.45, 7) is 3.98. The third-order valence-electron chi connectivity index (χ3n) is 5.07. The number of fused-ring (bicyclic) bond motifs is 1. The van der Waals surface area contributed by atoms with Gasteiger partial charge in [-0.2, -0.15) is 0 Å². The van der Waals surface area contributed by atoms with E-state index < -0.39 is 0 Å². The molecule has 156 valence electrons. The van der Waals surface area contributed by atoms with Gasteiger partial charge in [0.15, 0.2) is 0 Å². The number of aryl methyl sites for hydroxylation is 1. The Morgan fingerprint density at radius 1 is 1.00 bits per heavy atom. The molecule has 2 aromatic carbocycles. The number of hydrogen-bond acceptors (Lipinski definition) is 5. The number of amides is 1. The topological polar surface area (TPSA) is 76.1 Å². The fourth-order valence-corrected chi connectivity index (χ4v) is 3.48. The molecule has 0 aliphatic rings. The van der Waals surface area contributed by atoms with Crippen LogP contribution in [0.25, 0.3) is 10.9 Å². The molecule has 0 saturated heterocycles. The highest BCUT2D eigenvalue weighted by Gasteiger charge is 2.11. The summed E-state index contributed by atoms with van der Waals surface area (Å²) in [6.07, 6.45) is 5.11. The Morgan fingerprint density at radius 3 is 2.65 bits per heavy atom. The number of benzene rings is 2. The minimum absolute atomic E-state index is 0.00597. The van der Waals surface area contributed by atoms with Crippen LogP contribution in [-0.4, -0.2) is 23.0 Å². The smallest absolute Gasteiger partial charge is 0.257 e. The van der Waals surface area contributed by atoms with Crippen molar-refractivity contribution in [2.75, 3.05) is 17.7 Å². The van der Waals surface area contributed by atoms with Crippen LogP contribution in [-0.2, 0) is 0 Å². The number of rotatable bonds is 6. The zero-order valence-electron chi connectivity index (χ0n) is 17.7. The lowest BCUT2D eigenvalue weighted by Gasteiger charge is -2.17. The number of nitrogens with one attached hydrogen (secondary N) is 2. The van der Waals surface area contributed by atoms with Gasteiger partial charge in [0, 0.05) is 29.5 Å². The average molecular weight is 412 g/mol. The Balaban J connectivity index is 1.51. The molecule has 0 spiro atoms. The molecule has 31 heavy (non-hydrogen) atoms. The van der Waals surface area contributed by atoms with E-state index in [0.717, 1.165) is 39.2 Å². The average Bonchev–Trinajstić information content (AvgIpc) is 2.78. The second-order valence-electron chi connectivity index (χ2n) is 7.45. The number of carbonyl (C=O) groups is 1. The first-order valence-electron chi connectivity index (χ1n) is 10.1. The Morgan fingerprint density at radius 2 is 1.84 bits per heavy atom. The standard InChI is InChI=1S/C25H24N4O2/c1-16-10-19(14-26-13-16)25(30)29-20-7-4-6-18(11-20)17(2)28-21-12-22-23(27-15-21)8-5-9-24(22)31-3/h4-15,17,28H,1-3H3,(H,29,30)/t17-/m0/s1. The molecule has 4 aromatic rings. The maximum atomic E-state index is 12.5. The number of carbonyl (C=O) groups excluding carboxylic acids is 1. The summed E-state index contributed by atoms with van der Waals surface area (Å²) < 4.78 is 5.46. The van der Waals surface area contributed by atoms with Crippen molar-refractivity contribution in [3.63, 3.8) is 0 Å². The van der Waals surface area contributed by atoms with Crippen molar-refractivity contribution in [3.8, 4) is 5.75 Å². The van der Waals surface area contributed by atoms with E-state index in [9.17, 15) is 4.79 Å². The lowest BCUT2D eigenvalue weighted by Crippen LogP contribution is -2.13. The highest BCUT2D eigenvalue weighted by Crippen LogP contribution is 2.28. The second-order valence-corrected chi connectivity index (χ2v) is 7.45. The van der Waals surface area contributed by atoms with Gasteiger partial charge in [0.1, 0.15) is 5.75 Å². The van der Waals surface area contributed by atoms with Gasteiger partial charge in [-0.25, -0.2) is 0 Å². The van der Waals surface area contributed by atoms with Gasteiger partial charge < -0.3 is 15.4 Å². The van der Waals surface area contributed by atoms with E-state index in [1.807, 2.05) is 67.7 Å². The summed E-state index contributed by atoms with van der Waals surface area (Å²) in [6, 6.07) is 17.5. The normalized spacial score (nSPS) is 11.7. The molecule has 0 saturated carbocycles. The van der Waals surface area contributed by atoms with E-state index in [4.69, 9.17) is 4.74 Å². The van der Waals surface area contributed by atoms with E-state index in [2.05, 4.69) is 27.5 Å². The number of nitrogens with zero attached hydrogens (tertiary/aromatic N) is 2. The molecule has 6 heteroatoms. The monoisotopic (exact) mass is 412 g/mol. The molecule has 1 atom stereocenters. The van der Waals surface area contributed by atoms with Crippen molar-refractivity contribution in [2.45, 2.75) is 19.9 Å². The summed E-state index contributed by atoms with van der Waals surface area (Å²) in [7, 11) is 1.66. The predicted octanol–water partition coefficient (Wildman–Crippen LogP) is 5.37. The third kappa shape index (κ3) is 4.64. The molecule has 2 heterocycles. The number of ether oxygens (including phenoxy) is 1. The molecular formula is C25H24N4O2. The van der Waals surface area contributed by atoms with Crippen molar-refractivity contribution >= 4 is 28.2 Å². The molecule has 2 N–H and O–H groups in total. The molecule has 0 aliphatic carbocycles. The molecule has 0 radical (unpaired) electrons. The van der Waals surface area contributed by atoms with E-state index in [0.29, 0.717) is 5.56 Å². The highest BCUT2D eigenvalue weighted by atomic mass is 16.5. The van der Waals surface area contributed by atoms with Crippen LogP contribution >= 0.6 is 0 Å². The Hall–Kier alpha value is -3.93. The SMILES string of the molecule is COc1cccc2ncc(N[C@@H](C)c3cccc(NC(=O)c4cncc(C)c4)c3)cc12. The minimum atomic E-state index is -0.181. The van der Waals surface area contributed by atoms with E-state index >= 15 is 0 Å². The van der Waals surface area contributed by atoms with Gasteiger partial charge in [-0.05, 0) is 61.4 Å². The quantitative estimate of drug-likeness (QED) is 0.445. The third-order valence-corrected chi connectivity index (χ3v) is 5.07. The summed E-state index contributed by atoms with van der Waals surface area (Å²) >= 11 is 0. The van der Waals surface area contributed by atoms with Crippen LogP contribution in [0.2, 0.25) is 0 Å². The summed E-state index contributed by atoms with van der Waals surface area (Å²) in [5, 5.41) is 7.38. The Kier molecular flexibility index (Phi) is 5.80. The van der Waals surface area contributed by atoms with Crippen LogP contribution in [0.5, 0.6) is 5.75 Å². The predicted molar refractivity (Wildman–Crippen MR) is 124 cm³/mol. The zero-order valence-corrected chi connectivity index (χ0v) is 17.7. The van der Waals surface area contributed by atoms with Gasteiger partial charge >= 0.3 is 0 Å². The maximum absolute atomic E-state index is 12.5. The van der Waals surface area contributed by atoms with E-state index in [1.165, 1.54) is 0 Å². The zero-order chi connectivity index (χ0) is 21.8. The Bertz CT molecular complexity index is 1240. The van der Waals surface area contributed by atoms with Crippen molar-refractivity contribution in [1.29, 1.82) is 0 Å². The van der Waals surface area contributed by atoms with E-state index in [1.54, 1.807) is 19.5 Å². The largest absolute Gasteiger partial charge is 0.496 e. The molecule has 0 unspecified atom stereocenters. The van der Waals surface area contributed by atoms with Crippen LogP contribution in [0.3, 0.4) is 0 Å². The van der Waals surface area contributed by atoms with Crippen molar-refractivity contribution in [3.05, 3.63) is 89.9 Å². The number of pyridine rings is 2. The molecule has 4 rings (SSSR count). The first-order chi connectivity index (χ1) is 15.0. The summed E-state index contributed by atoms with van der Waals surface area (Å²) in [4.78, 5) is 21.2. The highest BCUT2D eigenvalue weighted by molar-refractivity contribution is 6.04. The lowest BCUT2D eigenvalue weighted by atomic mass is 10.1. The van der Waals surface area contributed by atoms with Crippen molar-refractivity contribution in [1.82, 2.24) is 9.97 Å². The van der Waals surface area contributed by atoms with Gasteiger partial charge in [-0.3, -0.25) is 14.8 Å². The van der Waals surface area contributed by atoms with Gasteiger partial charge in [-0.15, -0.1) is 0 Å². The molecule has 6 nitrogen and oxygen atoms in total. The van der Waals surface area contributed by atoms with Crippen LogP contribution in [0.4, 0.5) is 11.4 Å². The van der Waals surface area contributed by atoms with Crippen LogP contribution in [0, 0.1) is 6.92 Å². The van der Waals surface area contributed by atoms with Crippen LogP contribution < -0.4 is 15.4 Å². The number of aromatic nitrogens is 2. The number of methoxy groups -OCH3 is 1. The Labute approximate surface area is 181 Å². The fraction of sp³-hybridized carbons (Fsp3) is 0.160. The van der Waals surface area contributed by atoms with Crippen LogP contribution in [0.1, 0.15) is 34.5 Å². The number of hydrogen-bond donors (Lipinski definition) is 2. The molecule has 0 aliphatic heterocycles. The fourth-order valence-electron chi connectivity index (χ4n) is 3.48. The van der Waals surface area contributed by atoms with Gasteiger partial charge in [0.25, 0.3) is 5.91 Å². The summed E-state index contributed by atoms with van der Waals surface area (Å²) in [5.41, 5.74) is 5.03. The van der Waals surface area contributed by atoms with Crippen molar-refractivity contribution in [2.24, 2.45) is 0 Å². The van der Waals surface area contributed by atoms with Gasteiger partial charge in [-0.1, -0.05) is 18.2 Å². The second kappa shape index (κ2) is 8.83. The van der Waals surface area contributed by atoms with E-state index in [-0.39, 0.29) is 11.9 Å². The minimum Gasteiger partial charge on any atom is -0.496 e. The lowest BCUT2D eigenvalue weighted by molar-refractivity contribution is 0.102. The first-order valence-corrected chi connectivity index (χ1v) is 10.1. The molecule has 1 amide bonds. The van der Waals surface area contributed by atoms with Gasteiger partial charge in [0.2, 0.25) is 0 Å². The summed E-state index contributed by atoms with van der Waals surface area (Å²) in [5.74, 6) is 0.608. The van der Waals surface area contributed by atoms with Gasteiger partial charge in [0.05, 0.1) is 30.1 Å². The van der Waals surface area contributed by atoms with Crippen LogP contribution in [0.15, 0.2) is 73.2 Å². The molecular weight excluding hydrogens is 388 g/mol. The molecule has 0 bridgehead atoms. The number of anilines is 2. The molecule has 2 aromatic heterocycles.